The number of nitrogens with zero attached hydrogens (tertiary/aromatic N) is 5. The van der Waals surface area contributed by atoms with Crippen molar-refractivity contribution in [2.24, 2.45) is 0 Å². The zero-order chi connectivity index (χ0) is 27.9. The molecule has 5 aliphatic rings. The number of halogens is 2. The first-order chi connectivity index (χ1) is 19.5. The van der Waals surface area contributed by atoms with Crippen LogP contribution in [0.5, 0.6) is 11.8 Å². The summed E-state index contributed by atoms with van der Waals surface area (Å²) in [4.78, 5) is 30.4. The minimum atomic E-state index is -0.120. The van der Waals surface area contributed by atoms with Crippen LogP contribution >= 0.6 is 11.6 Å². The maximum absolute atomic E-state index is 14.0. The van der Waals surface area contributed by atoms with Gasteiger partial charge in [-0.25, -0.2) is 0 Å². The number of aromatic hydroxyl groups is 1. The number of aromatic nitrogens is 2. The molecule has 1 aromatic heterocycles. The molecular formula is C30H39ClFN5O3. The van der Waals surface area contributed by atoms with Gasteiger partial charge in [-0.15, -0.1) is 0 Å². The van der Waals surface area contributed by atoms with Gasteiger partial charge in [0.15, 0.2) is 0 Å². The van der Waals surface area contributed by atoms with E-state index in [-0.39, 0.29) is 17.2 Å². The molecule has 1 N–H and O–H groups in total. The Labute approximate surface area is 240 Å². The highest BCUT2D eigenvalue weighted by Crippen LogP contribution is 2.50. The molecule has 4 fully saturated rings. The van der Waals surface area contributed by atoms with Crippen LogP contribution in [0.25, 0.3) is 0 Å². The molecule has 3 saturated heterocycles. The third-order valence-corrected chi connectivity index (χ3v) is 9.58. The lowest BCUT2D eigenvalue weighted by Gasteiger charge is -2.31. The highest BCUT2D eigenvalue weighted by molar-refractivity contribution is 6.32. The van der Waals surface area contributed by atoms with Crippen LogP contribution in [-0.4, -0.2) is 71.4 Å². The van der Waals surface area contributed by atoms with Crippen molar-refractivity contribution in [3.05, 3.63) is 34.0 Å². The number of alkyl halides is 1. The van der Waals surface area contributed by atoms with Crippen molar-refractivity contribution in [1.82, 2.24) is 14.9 Å². The monoisotopic (exact) mass is 571 g/mol. The van der Waals surface area contributed by atoms with Crippen LogP contribution in [0.2, 0.25) is 5.02 Å². The van der Waals surface area contributed by atoms with E-state index < -0.39 is 0 Å². The topological polar surface area (TPSA) is 82.0 Å². The van der Waals surface area contributed by atoms with Gasteiger partial charge in [-0.2, -0.15) is 9.97 Å². The van der Waals surface area contributed by atoms with Crippen LogP contribution in [0.15, 0.2) is 12.1 Å². The first kappa shape index (κ1) is 27.5. The average molecular weight is 572 g/mol. The van der Waals surface area contributed by atoms with Gasteiger partial charge in [0.2, 0.25) is 0 Å². The first-order valence-corrected chi connectivity index (χ1v) is 15.2. The first-order valence-electron chi connectivity index (χ1n) is 14.8. The molecule has 1 aromatic carbocycles. The van der Waals surface area contributed by atoms with Gasteiger partial charge < -0.3 is 19.6 Å². The molecule has 1 aliphatic carbocycles. The number of hydrogen-bond donors (Lipinski definition) is 1. The Morgan fingerprint density at radius 1 is 1.02 bits per heavy atom. The van der Waals surface area contributed by atoms with E-state index in [0.717, 1.165) is 70.3 Å². The van der Waals surface area contributed by atoms with Crippen molar-refractivity contribution in [3.63, 3.8) is 0 Å². The minimum absolute atomic E-state index is 0.0675. The minimum Gasteiger partial charge on any atom is -0.508 e. The van der Waals surface area contributed by atoms with E-state index in [1.165, 1.54) is 25.7 Å². The number of carbonyl (C=O) groups is 1. The Kier molecular flexibility index (Phi) is 7.79. The fourth-order valence-electron chi connectivity index (χ4n) is 7.18. The highest BCUT2D eigenvalue weighted by atomic mass is 35.5. The standard InChI is InChI=1S/C29H36ClN5O3.CH3F/c30-21-15-20(36)16-23(24(21)19-7-8-19)35-17-22-25(27(35)37)26(33-11-3-1-2-4-12-33)32-28(31-22)38-18-29-9-5-13-34(29)14-6-10-29;1-2/h15-16,19,36H,1-14,17-18H2;1H3. The molecule has 0 atom stereocenters. The second-order valence-corrected chi connectivity index (χ2v) is 12.2. The Hall–Kier alpha value is -2.65. The molecular weight excluding hydrogens is 533 g/mol. The van der Waals surface area contributed by atoms with Crippen molar-refractivity contribution in [2.45, 2.75) is 82.2 Å². The van der Waals surface area contributed by atoms with E-state index in [4.69, 9.17) is 26.3 Å². The predicted molar refractivity (Wildman–Crippen MR) is 154 cm³/mol. The third-order valence-electron chi connectivity index (χ3n) is 9.27. The SMILES string of the molecule is CF.O=C1c2c(nc(OCC34CCCN3CCC4)nc2N2CCCCCC2)CN1c1cc(O)cc(Cl)c1C1CC1. The lowest BCUT2D eigenvalue weighted by atomic mass is 9.95. The third kappa shape index (κ3) is 5.00. The van der Waals surface area contributed by atoms with Gasteiger partial charge in [0, 0.05) is 24.2 Å². The van der Waals surface area contributed by atoms with Gasteiger partial charge in [-0.05, 0) is 82.0 Å². The van der Waals surface area contributed by atoms with E-state index >= 15 is 0 Å². The van der Waals surface area contributed by atoms with Crippen molar-refractivity contribution in [3.8, 4) is 11.8 Å². The van der Waals surface area contributed by atoms with Gasteiger partial charge in [-0.1, -0.05) is 24.4 Å². The lowest BCUT2D eigenvalue weighted by Crippen LogP contribution is -2.43. The molecule has 1 saturated carbocycles. The molecule has 8 nitrogen and oxygen atoms in total. The number of anilines is 2. The summed E-state index contributed by atoms with van der Waals surface area (Å²) in [7, 11) is 0.500. The number of phenolic OH excluding ortho intramolecular Hbond substituents is 1. The second kappa shape index (κ2) is 11.3. The zero-order valence-corrected chi connectivity index (χ0v) is 24.1. The highest BCUT2D eigenvalue weighted by Gasteiger charge is 2.45. The van der Waals surface area contributed by atoms with Crippen LogP contribution in [0, 0.1) is 0 Å². The molecule has 0 spiro atoms. The fourth-order valence-corrected chi connectivity index (χ4v) is 7.54. The van der Waals surface area contributed by atoms with Crippen LogP contribution in [0.3, 0.4) is 0 Å². The number of benzene rings is 1. The summed E-state index contributed by atoms with van der Waals surface area (Å²) in [6, 6.07) is 3.63. The normalized spacial score (nSPS) is 22.0. The maximum atomic E-state index is 14.0. The van der Waals surface area contributed by atoms with Crippen molar-refractivity contribution in [1.29, 1.82) is 0 Å². The van der Waals surface area contributed by atoms with E-state index in [1.54, 1.807) is 17.0 Å². The number of carbonyl (C=O) groups excluding carboxylic acids is 1. The second-order valence-electron chi connectivity index (χ2n) is 11.8. The smallest absolute Gasteiger partial charge is 0.318 e. The number of hydrogen-bond acceptors (Lipinski definition) is 7. The van der Waals surface area contributed by atoms with Crippen molar-refractivity contribution < 1.29 is 19.0 Å². The quantitative estimate of drug-likeness (QED) is 0.466. The van der Waals surface area contributed by atoms with Crippen LogP contribution < -0.4 is 14.5 Å². The van der Waals surface area contributed by atoms with Crippen molar-refractivity contribution >= 4 is 29.0 Å². The summed E-state index contributed by atoms with van der Waals surface area (Å²) >= 11 is 6.59. The summed E-state index contributed by atoms with van der Waals surface area (Å²) in [6.07, 6.45) is 11.4. The Bertz CT molecular complexity index is 1250. The lowest BCUT2D eigenvalue weighted by molar-refractivity contribution is 0.0995. The van der Waals surface area contributed by atoms with Crippen LogP contribution in [-0.2, 0) is 6.54 Å². The number of ether oxygens (including phenoxy) is 1. The molecule has 10 heteroatoms. The zero-order valence-electron chi connectivity index (χ0n) is 23.3. The van der Waals surface area contributed by atoms with E-state index in [1.807, 2.05) is 0 Å². The average Bonchev–Trinajstić information content (AvgIpc) is 3.56. The Morgan fingerprint density at radius 3 is 2.40 bits per heavy atom. The van der Waals surface area contributed by atoms with Gasteiger partial charge in [0.1, 0.15) is 23.7 Å². The van der Waals surface area contributed by atoms with E-state index in [2.05, 4.69) is 9.80 Å². The van der Waals surface area contributed by atoms with Gasteiger partial charge in [0.05, 0.1) is 30.6 Å². The Morgan fingerprint density at radius 2 is 1.73 bits per heavy atom. The van der Waals surface area contributed by atoms with Gasteiger partial charge >= 0.3 is 6.01 Å². The molecule has 40 heavy (non-hydrogen) atoms. The number of rotatable bonds is 6. The number of amides is 1. The largest absolute Gasteiger partial charge is 0.508 e. The molecule has 5 heterocycles. The maximum Gasteiger partial charge on any atom is 0.318 e. The van der Waals surface area contributed by atoms with Crippen LogP contribution in [0.1, 0.15) is 91.7 Å². The molecule has 2 aromatic rings. The molecule has 0 unspecified atom stereocenters. The van der Waals surface area contributed by atoms with Gasteiger partial charge in [0.25, 0.3) is 5.91 Å². The molecule has 216 valence electrons. The summed E-state index contributed by atoms with van der Waals surface area (Å²) in [5.74, 6) is 0.971. The van der Waals surface area contributed by atoms with Crippen LogP contribution in [0.4, 0.5) is 15.9 Å². The number of phenols is 1. The van der Waals surface area contributed by atoms with E-state index in [0.29, 0.717) is 60.0 Å². The molecule has 7 rings (SSSR count). The fraction of sp³-hybridized carbons (Fsp3) is 0.633. The molecule has 0 radical (unpaired) electrons. The molecule has 4 aliphatic heterocycles. The molecule has 0 bridgehead atoms. The summed E-state index contributed by atoms with van der Waals surface area (Å²) in [6.45, 7) is 4.96. The summed E-state index contributed by atoms with van der Waals surface area (Å²) in [5.41, 5.74) is 3.02. The summed E-state index contributed by atoms with van der Waals surface area (Å²) in [5, 5.41) is 10.9. The summed E-state index contributed by atoms with van der Waals surface area (Å²) < 4.78 is 15.9. The van der Waals surface area contributed by atoms with E-state index in [9.17, 15) is 14.3 Å². The molecule has 1 amide bonds. The predicted octanol–water partition coefficient (Wildman–Crippen LogP) is 5.85. The Balaban J connectivity index is 0.00000142. The number of fused-ring (bicyclic) bond motifs is 2. The van der Waals surface area contributed by atoms with Crippen molar-refractivity contribution in [2.75, 3.05) is 49.8 Å². The van der Waals surface area contributed by atoms with Gasteiger partial charge in [-0.3, -0.25) is 14.1 Å².